The summed E-state index contributed by atoms with van der Waals surface area (Å²) in [5, 5.41) is 18.3. The Labute approximate surface area is 111 Å². The smallest absolute Gasteiger partial charge is 0.335 e. The molecule has 0 aliphatic carbocycles. The summed E-state index contributed by atoms with van der Waals surface area (Å²) in [6.07, 6.45) is -0.255. The van der Waals surface area contributed by atoms with Crippen LogP contribution in [0.2, 0.25) is 0 Å². The van der Waals surface area contributed by atoms with Crippen LogP contribution in [0.3, 0.4) is 0 Å². The van der Waals surface area contributed by atoms with Crippen molar-refractivity contribution in [2.24, 2.45) is 0 Å². The molecular weight excluding hydrogens is 270 g/mol. The number of rotatable bonds is 3. The first-order valence-electron chi connectivity index (χ1n) is 5.84. The largest absolute Gasteiger partial charge is 0.478 e. The van der Waals surface area contributed by atoms with Gasteiger partial charge < -0.3 is 10.2 Å². The van der Waals surface area contributed by atoms with Gasteiger partial charge >= 0.3 is 5.97 Å². The molecule has 0 amide bonds. The molecule has 0 saturated carbocycles. The van der Waals surface area contributed by atoms with Crippen molar-refractivity contribution < 1.29 is 23.4 Å². The minimum Gasteiger partial charge on any atom is -0.478 e. The Kier molecular flexibility index (Phi) is 3.62. The summed E-state index contributed by atoms with van der Waals surface area (Å²) in [6.45, 7) is 1.92. The fourth-order valence-corrected chi connectivity index (χ4v) is 3.82. The Morgan fingerprint density at radius 2 is 2.11 bits per heavy atom. The number of sulfonamides is 1. The Morgan fingerprint density at radius 1 is 1.42 bits per heavy atom. The topological polar surface area (TPSA) is 94.9 Å². The highest BCUT2D eigenvalue weighted by atomic mass is 32.2. The highest BCUT2D eigenvalue weighted by Crippen LogP contribution is 2.24. The first-order chi connectivity index (χ1) is 8.82. The molecule has 1 unspecified atom stereocenters. The third kappa shape index (κ3) is 2.63. The number of aromatic carboxylic acids is 1. The molecule has 1 aromatic carbocycles. The van der Waals surface area contributed by atoms with Crippen LogP contribution in [0.15, 0.2) is 23.1 Å². The van der Waals surface area contributed by atoms with Crippen LogP contribution in [-0.2, 0) is 10.0 Å². The number of aryl methyl sites for hydroxylation is 1. The second-order valence-corrected chi connectivity index (χ2v) is 6.50. The Morgan fingerprint density at radius 3 is 2.63 bits per heavy atom. The van der Waals surface area contributed by atoms with Crippen LogP contribution >= 0.6 is 0 Å². The van der Waals surface area contributed by atoms with Gasteiger partial charge in [-0.25, -0.2) is 13.2 Å². The van der Waals surface area contributed by atoms with E-state index in [4.69, 9.17) is 5.11 Å². The van der Waals surface area contributed by atoms with Crippen LogP contribution in [0.5, 0.6) is 0 Å². The van der Waals surface area contributed by atoms with E-state index in [2.05, 4.69) is 0 Å². The molecule has 19 heavy (non-hydrogen) atoms. The number of aliphatic hydroxyl groups is 1. The quantitative estimate of drug-likeness (QED) is 0.840. The summed E-state index contributed by atoms with van der Waals surface area (Å²) in [5.74, 6) is -1.17. The van der Waals surface area contributed by atoms with Gasteiger partial charge in [0.25, 0.3) is 0 Å². The number of carbonyl (C=O) groups is 1. The molecule has 1 atom stereocenters. The van der Waals surface area contributed by atoms with Crippen molar-refractivity contribution in [2.45, 2.75) is 24.3 Å². The highest BCUT2D eigenvalue weighted by molar-refractivity contribution is 7.89. The number of hydrogen-bond acceptors (Lipinski definition) is 4. The lowest BCUT2D eigenvalue weighted by Crippen LogP contribution is -2.30. The van der Waals surface area contributed by atoms with Crippen LogP contribution < -0.4 is 0 Å². The predicted molar refractivity (Wildman–Crippen MR) is 67.5 cm³/mol. The van der Waals surface area contributed by atoms with Gasteiger partial charge in [-0.2, -0.15) is 4.31 Å². The molecule has 1 fully saturated rings. The Bertz CT molecular complexity index is 611. The van der Waals surface area contributed by atoms with E-state index in [0.29, 0.717) is 12.0 Å². The molecule has 1 heterocycles. The van der Waals surface area contributed by atoms with Crippen LogP contribution in [0.1, 0.15) is 22.3 Å². The SMILES string of the molecule is Cc1ccc(C(=O)O)cc1S(=O)(=O)N1CCC(O)C1. The summed E-state index contributed by atoms with van der Waals surface area (Å²) in [4.78, 5) is 10.9. The molecule has 0 bridgehead atoms. The molecule has 6 nitrogen and oxygen atoms in total. The lowest BCUT2D eigenvalue weighted by Gasteiger charge is -2.17. The van der Waals surface area contributed by atoms with E-state index in [1.807, 2.05) is 0 Å². The molecule has 1 aliphatic heterocycles. The van der Waals surface area contributed by atoms with E-state index < -0.39 is 22.1 Å². The van der Waals surface area contributed by atoms with Crippen molar-refractivity contribution in [3.05, 3.63) is 29.3 Å². The zero-order valence-electron chi connectivity index (χ0n) is 10.4. The van der Waals surface area contributed by atoms with Crippen molar-refractivity contribution in [1.82, 2.24) is 4.31 Å². The fraction of sp³-hybridized carbons (Fsp3) is 0.417. The van der Waals surface area contributed by atoms with Crippen LogP contribution in [0.4, 0.5) is 0 Å². The minimum atomic E-state index is -3.75. The summed E-state index contributed by atoms with van der Waals surface area (Å²) >= 11 is 0. The molecule has 1 saturated heterocycles. The number of aliphatic hydroxyl groups excluding tert-OH is 1. The van der Waals surface area contributed by atoms with Gasteiger partial charge in [-0.1, -0.05) is 6.07 Å². The van der Waals surface area contributed by atoms with Gasteiger partial charge in [0.2, 0.25) is 10.0 Å². The number of carboxylic acids is 1. The average Bonchev–Trinajstić information content (AvgIpc) is 2.76. The van der Waals surface area contributed by atoms with Gasteiger partial charge in [0.1, 0.15) is 0 Å². The zero-order valence-corrected chi connectivity index (χ0v) is 11.2. The molecule has 104 valence electrons. The molecule has 2 rings (SSSR count). The number of nitrogens with zero attached hydrogens (tertiary/aromatic N) is 1. The fourth-order valence-electron chi connectivity index (χ4n) is 2.08. The predicted octanol–water partition coefficient (Wildman–Crippen LogP) is 0.449. The number of carboxylic acid groups (broad SMARTS) is 1. The summed E-state index contributed by atoms with van der Waals surface area (Å²) in [6, 6.07) is 4.01. The molecule has 1 aromatic rings. The van der Waals surface area contributed by atoms with E-state index in [9.17, 15) is 18.3 Å². The van der Waals surface area contributed by atoms with Gasteiger partial charge in [0.15, 0.2) is 0 Å². The maximum atomic E-state index is 12.4. The van der Waals surface area contributed by atoms with Gasteiger partial charge in [0, 0.05) is 13.1 Å². The van der Waals surface area contributed by atoms with E-state index in [1.165, 1.54) is 16.4 Å². The van der Waals surface area contributed by atoms with Crippen molar-refractivity contribution in [1.29, 1.82) is 0 Å². The standard InChI is InChI=1S/C12H15NO5S/c1-8-2-3-9(12(15)16)6-11(8)19(17,18)13-5-4-10(14)7-13/h2-3,6,10,14H,4-5,7H2,1H3,(H,15,16). The Hall–Kier alpha value is -1.44. The number of benzene rings is 1. The lowest BCUT2D eigenvalue weighted by atomic mass is 10.1. The molecular formula is C12H15NO5S. The minimum absolute atomic E-state index is 0.0125. The number of β-amino-alcohol motifs (C(OH)–C–C–N with tert-alkyl or cyclic N) is 1. The van der Waals surface area contributed by atoms with Crippen molar-refractivity contribution >= 4 is 16.0 Å². The van der Waals surface area contributed by atoms with Gasteiger partial charge in [0.05, 0.1) is 16.6 Å². The first-order valence-corrected chi connectivity index (χ1v) is 7.28. The van der Waals surface area contributed by atoms with Crippen LogP contribution in [0, 0.1) is 6.92 Å². The molecule has 0 aromatic heterocycles. The molecule has 7 heteroatoms. The lowest BCUT2D eigenvalue weighted by molar-refractivity contribution is 0.0696. The highest BCUT2D eigenvalue weighted by Gasteiger charge is 2.32. The van der Waals surface area contributed by atoms with E-state index in [-0.39, 0.29) is 23.5 Å². The van der Waals surface area contributed by atoms with Crippen molar-refractivity contribution in [2.75, 3.05) is 13.1 Å². The Balaban J connectivity index is 2.45. The van der Waals surface area contributed by atoms with E-state index >= 15 is 0 Å². The monoisotopic (exact) mass is 285 g/mol. The van der Waals surface area contributed by atoms with Crippen molar-refractivity contribution in [3.8, 4) is 0 Å². The summed E-state index contributed by atoms with van der Waals surface area (Å²) in [7, 11) is -3.75. The van der Waals surface area contributed by atoms with E-state index in [0.717, 1.165) is 6.07 Å². The second-order valence-electron chi connectivity index (χ2n) is 4.59. The van der Waals surface area contributed by atoms with E-state index in [1.54, 1.807) is 6.92 Å². The third-order valence-electron chi connectivity index (χ3n) is 3.18. The maximum absolute atomic E-state index is 12.4. The maximum Gasteiger partial charge on any atom is 0.335 e. The summed E-state index contributed by atoms with van der Waals surface area (Å²) < 4.78 is 26.0. The molecule has 0 spiro atoms. The van der Waals surface area contributed by atoms with Crippen molar-refractivity contribution in [3.63, 3.8) is 0 Å². The zero-order chi connectivity index (χ0) is 14.2. The van der Waals surface area contributed by atoms with Gasteiger partial charge in [-0.05, 0) is 31.0 Å². The van der Waals surface area contributed by atoms with Gasteiger partial charge in [-0.3, -0.25) is 0 Å². The molecule has 2 N–H and O–H groups in total. The second kappa shape index (κ2) is 4.92. The average molecular weight is 285 g/mol. The van der Waals surface area contributed by atoms with Crippen LogP contribution in [-0.4, -0.2) is 48.1 Å². The first kappa shape index (κ1) is 14.0. The van der Waals surface area contributed by atoms with Crippen LogP contribution in [0.25, 0.3) is 0 Å². The summed E-state index contributed by atoms with van der Waals surface area (Å²) in [5.41, 5.74) is 0.426. The number of hydrogen-bond donors (Lipinski definition) is 2. The normalized spacial score (nSPS) is 20.6. The molecule has 1 aliphatic rings. The molecule has 0 radical (unpaired) electrons. The van der Waals surface area contributed by atoms with Gasteiger partial charge in [-0.15, -0.1) is 0 Å². The third-order valence-corrected chi connectivity index (χ3v) is 5.19.